The number of para-hydroxylation sites is 2. The van der Waals surface area contributed by atoms with E-state index in [1.807, 2.05) is 30.3 Å². The first-order valence-corrected chi connectivity index (χ1v) is 5.85. The summed E-state index contributed by atoms with van der Waals surface area (Å²) in [7, 11) is 0. The minimum atomic E-state index is -0.274. The van der Waals surface area contributed by atoms with Crippen LogP contribution in [-0.4, -0.2) is 11.9 Å². The van der Waals surface area contributed by atoms with Crippen LogP contribution >= 0.6 is 0 Å². The Morgan fingerprint density at radius 3 is 2.67 bits per heavy atom. The highest BCUT2D eigenvalue weighted by molar-refractivity contribution is 6.03. The molecule has 1 aromatic carbocycles. The minimum Gasteiger partial charge on any atom is -0.372 e. The van der Waals surface area contributed by atoms with E-state index in [1.54, 1.807) is 12.2 Å². The molecule has 0 saturated heterocycles. The lowest BCUT2D eigenvalue weighted by Crippen LogP contribution is -2.38. The molecular formula is C15H16N2O. The van der Waals surface area contributed by atoms with E-state index < -0.39 is 0 Å². The summed E-state index contributed by atoms with van der Waals surface area (Å²) >= 11 is 0. The highest BCUT2D eigenvalue weighted by Gasteiger charge is 2.25. The molecule has 18 heavy (non-hydrogen) atoms. The van der Waals surface area contributed by atoms with Crippen LogP contribution in [0.1, 0.15) is 6.42 Å². The second-order valence-corrected chi connectivity index (χ2v) is 4.12. The lowest BCUT2D eigenvalue weighted by Gasteiger charge is -2.27. The normalized spacial score (nSPS) is 18.3. The average Bonchev–Trinajstić information content (AvgIpc) is 2.39. The van der Waals surface area contributed by atoms with Crippen LogP contribution in [0.4, 0.5) is 11.4 Å². The molecule has 2 N–H and O–H groups in total. The maximum atomic E-state index is 12.0. The van der Waals surface area contributed by atoms with Crippen LogP contribution in [-0.2, 0) is 4.79 Å². The maximum absolute atomic E-state index is 12.0. The topological polar surface area (TPSA) is 41.1 Å². The van der Waals surface area contributed by atoms with Gasteiger partial charge >= 0.3 is 0 Å². The SMILES string of the molecule is C=C/C=C(\C=C)CC1Nc2ccccc2NC1=O. The van der Waals surface area contributed by atoms with Crippen molar-refractivity contribution in [2.45, 2.75) is 12.5 Å². The number of anilines is 2. The molecule has 1 unspecified atom stereocenters. The molecule has 0 radical (unpaired) electrons. The first kappa shape index (κ1) is 12.2. The monoisotopic (exact) mass is 240 g/mol. The maximum Gasteiger partial charge on any atom is 0.247 e. The number of carbonyl (C=O) groups excluding carboxylic acids is 1. The van der Waals surface area contributed by atoms with Crippen molar-refractivity contribution in [2.75, 3.05) is 10.6 Å². The number of allylic oxidation sites excluding steroid dienone is 3. The van der Waals surface area contributed by atoms with E-state index in [4.69, 9.17) is 0 Å². The Morgan fingerprint density at radius 1 is 1.28 bits per heavy atom. The second kappa shape index (κ2) is 5.36. The van der Waals surface area contributed by atoms with Gasteiger partial charge in [0.25, 0.3) is 0 Å². The molecule has 1 aromatic rings. The van der Waals surface area contributed by atoms with Crippen LogP contribution in [0.5, 0.6) is 0 Å². The predicted octanol–water partition coefficient (Wildman–Crippen LogP) is 3.11. The number of amides is 1. The molecule has 0 spiro atoms. The second-order valence-electron chi connectivity index (χ2n) is 4.12. The van der Waals surface area contributed by atoms with Gasteiger partial charge in [-0.2, -0.15) is 0 Å². The van der Waals surface area contributed by atoms with Gasteiger partial charge in [-0.15, -0.1) is 0 Å². The third-order valence-corrected chi connectivity index (χ3v) is 2.87. The number of carbonyl (C=O) groups is 1. The largest absolute Gasteiger partial charge is 0.372 e. The van der Waals surface area contributed by atoms with Gasteiger partial charge in [-0.3, -0.25) is 4.79 Å². The van der Waals surface area contributed by atoms with Crippen molar-refractivity contribution in [1.82, 2.24) is 0 Å². The number of nitrogens with one attached hydrogen (secondary N) is 2. The molecule has 1 amide bonds. The summed E-state index contributed by atoms with van der Waals surface area (Å²) in [6.45, 7) is 7.39. The number of fused-ring (bicyclic) bond motifs is 1. The van der Waals surface area contributed by atoms with E-state index in [2.05, 4.69) is 23.8 Å². The number of rotatable bonds is 4. The van der Waals surface area contributed by atoms with Gasteiger partial charge in [-0.25, -0.2) is 0 Å². The lowest BCUT2D eigenvalue weighted by molar-refractivity contribution is -0.117. The minimum absolute atomic E-state index is 0.0227. The fourth-order valence-electron chi connectivity index (χ4n) is 1.94. The number of hydrogen-bond donors (Lipinski definition) is 2. The molecule has 0 aromatic heterocycles. The highest BCUT2D eigenvalue weighted by atomic mass is 16.2. The van der Waals surface area contributed by atoms with Crippen molar-refractivity contribution in [3.63, 3.8) is 0 Å². The van der Waals surface area contributed by atoms with Gasteiger partial charge in [-0.05, 0) is 17.7 Å². The third kappa shape index (κ3) is 2.51. The summed E-state index contributed by atoms with van der Waals surface area (Å²) in [6, 6.07) is 7.39. The Hall–Kier alpha value is -2.29. The fourth-order valence-corrected chi connectivity index (χ4v) is 1.94. The Morgan fingerprint density at radius 2 is 2.00 bits per heavy atom. The summed E-state index contributed by atoms with van der Waals surface area (Å²) in [4.78, 5) is 12.0. The summed E-state index contributed by atoms with van der Waals surface area (Å²) in [5.41, 5.74) is 2.76. The molecule has 0 saturated carbocycles. The smallest absolute Gasteiger partial charge is 0.247 e. The molecule has 3 nitrogen and oxygen atoms in total. The van der Waals surface area contributed by atoms with Crippen molar-refractivity contribution < 1.29 is 4.79 Å². The van der Waals surface area contributed by atoms with Crippen LogP contribution in [0.25, 0.3) is 0 Å². The van der Waals surface area contributed by atoms with Crippen molar-refractivity contribution in [2.24, 2.45) is 0 Å². The summed E-state index contributed by atoms with van der Waals surface area (Å²) in [5, 5.41) is 6.13. The van der Waals surface area contributed by atoms with E-state index in [1.165, 1.54) is 0 Å². The molecule has 1 heterocycles. The average molecular weight is 240 g/mol. The Kier molecular flexibility index (Phi) is 3.63. The van der Waals surface area contributed by atoms with Gasteiger partial charge < -0.3 is 10.6 Å². The predicted molar refractivity (Wildman–Crippen MR) is 75.6 cm³/mol. The zero-order chi connectivity index (χ0) is 13.0. The molecule has 2 rings (SSSR count). The van der Waals surface area contributed by atoms with Gasteiger partial charge in [0.1, 0.15) is 6.04 Å². The standard InChI is InChI=1S/C15H16N2O/c1-3-7-11(4-2)10-14-15(18)17-13-9-6-5-8-12(13)16-14/h3-9,14,16H,1-2,10H2,(H,17,18)/b11-7+. The van der Waals surface area contributed by atoms with Crippen LogP contribution in [0.3, 0.4) is 0 Å². The van der Waals surface area contributed by atoms with Crippen LogP contribution < -0.4 is 10.6 Å². The van der Waals surface area contributed by atoms with Crippen LogP contribution in [0.2, 0.25) is 0 Å². The van der Waals surface area contributed by atoms with Crippen molar-refractivity contribution >= 4 is 17.3 Å². The Bertz CT molecular complexity index is 517. The van der Waals surface area contributed by atoms with Crippen LogP contribution in [0.15, 0.2) is 61.2 Å². The Balaban J connectivity index is 2.17. The molecular weight excluding hydrogens is 224 g/mol. The summed E-state index contributed by atoms with van der Waals surface area (Å²) in [5.74, 6) is -0.0227. The fraction of sp³-hybridized carbons (Fsp3) is 0.133. The third-order valence-electron chi connectivity index (χ3n) is 2.87. The van der Waals surface area contributed by atoms with Crippen molar-refractivity contribution in [3.8, 4) is 0 Å². The first-order valence-electron chi connectivity index (χ1n) is 5.85. The van der Waals surface area contributed by atoms with E-state index in [-0.39, 0.29) is 11.9 Å². The first-order chi connectivity index (χ1) is 8.74. The molecule has 92 valence electrons. The van der Waals surface area contributed by atoms with Crippen LogP contribution in [0, 0.1) is 0 Å². The van der Waals surface area contributed by atoms with Crippen molar-refractivity contribution in [1.29, 1.82) is 0 Å². The molecule has 0 aliphatic carbocycles. The number of benzene rings is 1. The van der Waals surface area contributed by atoms with Gasteiger partial charge in [0.05, 0.1) is 11.4 Å². The molecule has 1 atom stereocenters. The highest BCUT2D eigenvalue weighted by Crippen LogP contribution is 2.27. The van der Waals surface area contributed by atoms with E-state index in [9.17, 15) is 4.79 Å². The Labute approximate surface area is 107 Å². The van der Waals surface area contributed by atoms with E-state index in [0.717, 1.165) is 16.9 Å². The number of hydrogen-bond acceptors (Lipinski definition) is 2. The summed E-state index contributed by atoms with van der Waals surface area (Å²) < 4.78 is 0. The zero-order valence-electron chi connectivity index (χ0n) is 10.1. The van der Waals surface area contributed by atoms with Gasteiger partial charge in [0.2, 0.25) is 5.91 Å². The quantitative estimate of drug-likeness (QED) is 0.794. The molecule has 1 aliphatic rings. The molecule has 3 heteroatoms. The van der Waals surface area contributed by atoms with E-state index in [0.29, 0.717) is 6.42 Å². The van der Waals surface area contributed by atoms with Gasteiger partial charge in [0, 0.05) is 6.42 Å². The summed E-state index contributed by atoms with van der Waals surface area (Å²) in [6.07, 6.45) is 5.90. The van der Waals surface area contributed by atoms with Gasteiger partial charge in [0.15, 0.2) is 0 Å². The van der Waals surface area contributed by atoms with Gasteiger partial charge in [-0.1, -0.05) is 43.5 Å². The van der Waals surface area contributed by atoms with E-state index >= 15 is 0 Å². The molecule has 0 fully saturated rings. The molecule has 0 bridgehead atoms. The van der Waals surface area contributed by atoms with Crippen molar-refractivity contribution in [3.05, 3.63) is 61.2 Å². The molecule has 1 aliphatic heterocycles. The zero-order valence-corrected chi connectivity index (χ0v) is 10.1. The lowest BCUT2D eigenvalue weighted by atomic mass is 10.0.